The SMILES string of the molecule is CCCCOC(CCl)c1ccccc1. The molecule has 1 unspecified atom stereocenters. The number of alkyl halides is 1. The maximum atomic E-state index is 5.86. The van der Waals surface area contributed by atoms with Crippen LogP contribution in [0.5, 0.6) is 0 Å². The summed E-state index contributed by atoms with van der Waals surface area (Å²) in [6, 6.07) is 10.1. The third-order valence-electron chi connectivity index (χ3n) is 2.13. The zero-order chi connectivity index (χ0) is 10.2. The van der Waals surface area contributed by atoms with E-state index in [4.69, 9.17) is 16.3 Å². The van der Waals surface area contributed by atoms with E-state index in [1.54, 1.807) is 0 Å². The molecule has 1 nitrogen and oxygen atoms in total. The molecular weight excluding hydrogens is 196 g/mol. The predicted octanol–water partition coefficient (Wildman–Crippen LogP) is 3.78. The second-order valence-electron chi connectivity index (χ2n) is 3.28. The lowest BCUT2D eigenvalue weighted by Gasteiger charge is -2.15. The van der Waals surface area contributed by atoms with E-state index in [9.17, 15) is 0 Å². The number of hydrogen-bond acceptors (Lipinski definition) is 1. The molecule has 0 fully saturated rings. The van der Waals surface area contributed by atoms with Crippen LogP contribution in [0.1, 0.15) is 31.4 Å². The molecule has 1 rings (SSSR count). The van der Waals surface area contributed by atoms with E-state index in [0.29, 0.717) is 5.88 Å². The molecule has 78 valence electrons. The van der Waals surface area contributed by atoms with Gasteiger partial charge < -0.3 is 4.74 Å². The Balaban J connectivity index is 2.46. The van der Waals surface area contributed by atoms with Gasteiger partial charge in [0, 0.05) is 6.61 Å². The summed E-state index contributed by atoms with van der Waals surface area (Å²) in [7, 11) is 0. The van der Waals surface area contributed by atoms with E-state index >= 15 is 0 Å². The highest BCUT2D eigenvalue weighted by molar-refractivity contribution is 6.18. The molecule has 1 aromatic carbocycles. The van der Waals surface area contributed by atoms with Crippen molar-refractivity contribution in [1.82, 2.24) is 0 Å². The number of unbranched alkanes of at least 4 members (excludes halogenated alkanes) is 1. The van der Waals surface area contributed by atoms with Crippen LogP contribution < -0.4 is 0 Å². The number of ether oxygens (including phenoxy) is 1. The van der Waals surface area contributed by atoms with Gasteiger partial charge >= 0.3 is 0 Å². The maximum absolute atomic E-state index is 5.86. The molecule has 0 saturated carbocycles. The molecule has 0 amide bonds. The summed E-state index contributed by atoms with van der Waals surface area (Å²) in [4.78, 5) is 0. The average molecular weight is 213 g/mol. The Hall–Kier alpha value is -0.530. The molecule has 2 heteroatoms. The van der Waals surface area contributed by atoms with E-state index in [-0.39, 0.29) is 6.10 Å². The Morgan fingerprint density at radius 2 is 2.00 bits per heavy atom. The monoisotopic (exact) mass is 212 g/mol. The Kier molecular flexibility index (Phi) is 5.65. The molecule has 14 heavy (non-hydrogen) atoms. The smallest absolute Gasteiger partial charge is 0.0960 e. The fourth-order valence-corrected chi connectivity index (χ4v) is 1.53. The lowest BCUT2D eigenvalue weighted by Crippen LogP contribution is -2.06. The standard InChI is InChI=1S/C12H17ClO/c1-2-3-9-14-12(10-13)11-7-5-4-6-8-11/h4-8,12H,2-3,9-10H2,1H3. The summed E-state index contributed by atoms with van der Waals surface area (Å²) in [5.74, 6) is 0.522. The van der Waals surface area contributed by atoms with Crippen molar-refractivity contribution in [2.24, 2.45) is 0 Å². The summed E-state index contributed by atoms with van der Waals surface area (Å²) in [6.45, 7) is 2.95. The molecular formula is C12H17ClO. The van der Waals surface area contributed by atoms with Crippen LogP contribution in [0.4, 0.5) is 0 Å². The van der Waals surface area contributed by atoms with Crippen LogP contribution in [0.2, 0.25) is 0 Å². The first-order chi connectivity index (χ1) is 6.88. The lowest BCUT2D eigenvalue weighted by atomic mass is 10.1. The van der Waals surface area contributed by atoms with Gasteiger partial charge in [-0.15, -0.1) is 11.6 Å². The van der Waals surface area contributed by atoms with Crippen molar-refractivity contribution < 1.29 is 4.74 Å². The minimum Gasteiger partial charge on any atom is -0.372 e. The quantitative estimate of drug-likeness (QED) is 0.515. The van der Waals surface area contributed by atoms with Crippen molar-refractivity contribution in [2.45, 2.75) is 25.9 Å². The maximum Gasteiger partial charge on any atom is 0.0960 e. The second kappa shape index (κ2) is 6.86. The zero-order valence-corrected chi connectivity index (χ0v) is 9.33. The molecule has 0 heterocycles. The first-order valence-electron chi connectivity index (χ1n) is 5.11. The number of halogens is 1. The minimum atomic E-state index is 0.0458. The predicted molar refractivity (Wildman–Crippen MR) is 60.8 cm³/mol. The van der Waals surface area contributed by atoms with Gasteiger partial charge in [0.25, 0.3) is 0 Å². The highest BCUT2D eigenvalue weighted by atomic mass is 35.5. The molecule has 0 aliphatic heterocycles. The van der Waals surface area contributed by atoms with Gasteiger partial charge in [0.2, 0.25) is 0 Å². The highest BCUT2D eigenvalue weighted by Gasteiger charge is 2.08. The Morgan fingerprint density at radius 3 is 2.57 bits per heavy atom. The van der Waals surface area contributed by atoms with E-state index in [1.165, 1.54) is 5.56 Å². The van der Waals surface area contributed by atoms with Crippen LogP contribution in [-0.2, 0) is 4.74 Å². The first-order valence-corrected chi connectivity index (χ1v) is 5.64. The summed E-state index contributed by atoms with van der Waals surface area (Å²) >= 11 is 5.86. The fraction of sp³-hybridized carbons (Fsp3) is 0.500. The van der Waals surface area contributed by atoms with Crippen molar-refractivity contribution in [2.75, 3.05) is 12.5 Å². The summed E-state index contributed by atoms with van der Waals surface area (Å²) in [5.41, 5.74) is 1.17. The zero-order valence-electron chi connectivity index (χ0n) is 8.58. The van der Waals surface area contributed by atoms with Crippen LogP contribution in [0, 0.1) is 0 Å². The first kappa shape index (κ1) is 11.5. The normalized spacial score (nSPS) is 12.7. The van der Waals surface area contributed by atoms with Gasteiger partial charge in [0.1, 0.15) is 0 Å². The molecule has 0 aliphatic rings. The van der Waals surface area contributed by atoms with E-state index in [2.05, 4.69) is 19.1 Å². The van der Waals surface area contributed by atoms with E-state index in [1.807, 2.05) is 18.2 Å². The molecule has 0 saturated heterocycles. The Morgan fingerprint density at radius 1 is 1.29 bits per heavy atom. The fourth-order valence-electron chi connectivity index (χ4n) is 1.27. The Bertz CT molecular complexity index is 235. The molecule has 1 atom stereocenters. The molecule has 0 aliphatic carbocycles. The molecule has 0 radical (unpaired) electrons. The van der Waals surface area contributed by atoms with Crippen LogP contribution in [0.15, 0.2) is 30.3 Å². The van der Waals surface area contributed by atoms with E-state index in [0.717, 1.165) is 19.4 Å². The van der Waals surface area contributed by atoms with Gasteiger partial charge in [-0.25, -0.2) is 0 Å². The molecule has 0 aromatic heterocycles. The molecule has 0 N–H and O–H groups in total. The largest absolute Gasteiger partial charge is 0.372 e. The summed E-state index contributed by atoms with van der Waals surface area (Å²) in [5, 5.41) is 0. The second-order valence-corrected chi connectivity index (χ2v) is 3.59. The average Bonchev–Trinajstić information content (AvgIpc) is 2.26. The molecule has 1 aromatic rings. The third-order valence-corrected chi connectivity index (χ3v) is 2.41. The van der Waals surface area contributed by atoms with Crippen LogP contribution in [0.3, 0.4) is 0 Å². The summed E-state index contributed by atoms with van der Waals surface area (Å²) < 4.78 is 5.69. The van der Waals surface area contributed by atoms with Crippen LogP contribution >= 0.6 is 11.6 Å². The van der Waals surface area contributed by atoms with Crippen molar-refractivity contribution in [3.63, 3.8) is 0 Å². The van der Waals surface area contributed by atoms with Gasteiger partial charge in [-0.05, 0) is 12.0 Å². The summed E-state index contributed by atoms with van der Waals surface area (Å²) in [6.07, 6.45) is 2.30. The number of hydrogen-bond donors (Lipinski definition) is 0. The van der Waals surface area contributed by atoms with Crippen LogP contribution in [0.25, 0.3) is 0 Å². The van der Waals surface area contributed by atoms with Gasteiger partial charge in [-0.2, -0.15) is 0 Å². The highest BCUT2D eigenvalue weighted by Crippen LogP contribution is 2.18. The van der Waals surface area contributed by atoms with Gasteiger partial charge in [-0.1, -0.05) is 43.7 Å². The number of benzene rings is 1. The number of rotatable bonds is 6. The Labute approximate surface area is 91.0 Å². The van der Waals surface area contributed by atoms with Gasteiger partial charge in [-0.3, -0.25) is 0 Å². The van der Waals surface area contributed by atoms with Gasteiger partial charge in [0.05, 0.1) is 12.0 Å². The van der Waals surface area contributed by atoms with Crippen molar-refractivity contribution in [3.05, 3.63) is 35.9 Å². The molecule has 0 bridgehead atoms. The molecule has 0 spiro atoms. The van der Waals surface area contributed by atoms with Crippen molar-refractivity contribution in [3.8, 4) is 0 Å². The van der Waals surface area contributed by atoms with Gasteiger partial charge in [0.15, 0.2) is 0 Å². The minimum absolute atomic E-state index is 0.0458. The van der Waals surface area contributed by atoms with Crippen molar-refractivity contribution in [1.29, 1.82) is 0 Å². The topological polar surface area (TPSA) is 9.23 Å². The van der Waals surface area contributed by atoms with E-state index < -0.39 is 0 Å². The third kappa shape index (κ3) is 3.69. The van der Waals surface area contributed by atoms with Crippen molar-refractivity contribution >= 4 is 11.6 Å². The van der Waals surface area contributed by atoms with Crippen LogP contribution in [-0.4, -0.2) is 12.5 Å². The lowest BCUT2D eigenvalue weighted by molar-refractivity contribution is 0.0660.